The average molecular weight is 1450 g/mol. The quantitative estimate of drug-likeness (QED) is 0.0420. The van der Waals surface area contributed by atoms with Gasteiger partial charge in [-0.1, -0.05) is 35.3 Å². The highest BCUT2D eigenvalue weighted by atomic mass is 35.5. The van der Waals surface area contributed by atoms with Gasteiger partial charge in [-0.25, -0.2) is 46.7 Å². The van der Waals surface area contributed by atoms with Crippen LogP contribution in [0.4, 0.5) is 44.2 Å². The molecule has 8 aliphatic rings. The monoisotopic (exact) mass is 1450 g/mol. The minimum atomic E-state index is -1.21. The molecule has 524 valence electrons. The normalized spacial score (nSPS) is 22.9. The third-order valence-electron chi connectivity index (χ3n) is 19.3. The standard InChI is InChI=1S/C35H35ClF2N6O6S.C33H32ClF2N7O5S/c1-49-34(47)29-27(40-31(32-39-10-13-51-32)41-30(29)24-8-4-20(37)14-25(24)36)18-42-11-12-43-21(16-42)17-44(35(43)48)28-9-7-23(15-26(28)38)50-22-5-2-19(3-6-22)33(45)46;34-23-13-19(35)1-3-22(23)28-27(32(46)47)25(38-29(39-28)30-37-7-12-49-30)17-40-10-11-42-21(15-40)16-43(33(42)48)26-4-2-20(14-24(26)36)41-8-5-18(6-9-41)31(44)45/h4,7-10,13-15,19,21-22,30H,2-3,5-6,11-12,16-18H2,1H3,(H,40,41)(H,45,46);1-4,7,12-14,18,21,28H,5-6,8-11,15-17H2,(H,38,39)(H,44,45)(H,46,47)/t19?,21-,22?,30-;21-,28-/m00/s1. The van der Waals surface area contributed by atoms with E-state index in [1.54, 1.807) is 57.2 Å². The van der Waals surface area contributed by atoms with Gasteiger partial charge in [-0.15, -0.1) is 22.7 Å². The van der Waals surface area contributed by atoms with Gasteiger partial charge in [-0.3, -0.25) is 39.2 Å². The lowest BCUT2D eigenvalue weighted by atomic mass is 9.87. The Morgan fingerprint density at radius 1 is 0.590 bits per heavy atom. The van der Waals surface area contributed by atoms with E-state index in [1.807, 2.05) is 9.80 Å². The SMILES string of the molecule is COC(=O)C1=C(CN2CCN3C(=O)N(c4ccc(OC5CCC(C(=O)O)CC5)cc4F)C[C@@H]3C2)NC(c2nccs2)=N[C@H]1c1ccc(F)cc1Cl.O=C(O)C1=C(CN2CCN3C(=O)N(c4ccc(N5CCC(C(=O)O)CC5)cc4F)C[C@@H]3C2)NC(c2nccs2)=N[C@H]1c1ccc(F)cc1Cl. The first kappa shape index (κ1) is 69.3. The third-order valence-corrected chi connectivity index (χ3v) is 21.5. The number of carboxylic acids is 3. The van der Waals surface area contributed by atoms with Crippen LogP contribution in [-0.4, -0.2) is 196 Å². The highest BCUT2D eigenvalue weighted by Gasteiger charge is 2.46. The molecule has 6 fully saturated rings. The summed E-state index contributed by atoms with van der Waals surface area (Å²) in [6, 6.07) is 13.8. The average Bonchev–Trinajstić information content (AvgIpc) is 1.27. The van der Waals surface area contributed by atoms with Gasteiger partial charge < -0.3 is 50.1 Å². The smallest absolute Gasteiger partial charge is 0.338 e. The molecule has 6 aromatic rings. The molecule has 24 nitrogen and oxygen atoms in total. The Kier molecular flexibility index (Phi) is 20.5. The molecule has 0 bridgehead atoms. The number of benzene rings is 4. The van der Waals surface area contributed by atoms with Crippen LogP contribution in [-0.2, 0) is 23.9 Å². The lowest BCUT2D eigenvalue weighted by molar-refractivity contribution is -0.144. The van der Waals surface area contributed by atoms with Crippen molar-refractivity contribution in [3.8, 4) is 5.75 Å². The van der Waals surface area contributed by atoms with Crippen LogP contribution in [0.5, 0.6) is 5.75 Å². The number of esters is 1. The van der Waals surface area contributed by atoms with E-state index in [4.69, 9.17) is 37.7 Å². The van der Waals surface area contributed by atoms with E-state index in [2.05, 4.69) is 30.5 Å². The Bertz CT molecular complexity index is 4310. The lowest BCUT2D eigenvalue weighted by Gasteiger charge is -2.38. The number of piperidine rings is 1. The van der Waals surface area contributed by atoms with E-state index in [0.29, 0.717) is 147 Å². The zero-order valence-electron chi connectivity index (χ0n) is 53.6. The molecule has 4 atom stereocenters. The van der Waals surface area contributed by atoms with E-state index in [-0.39, 0.29) is 94.9 Å². The maximum Gasteiger partial charge on any atom is 0.338 e. The molecule has 32 heteroatoms. The number of rotatable bonds is 17. The van der Waals surface area contributed by atoms with Gasteiger partial charge in [0.25, 0.3) is 0 Å². The molecular formula is C68H67Cl2F4N13O11S2. The highest BCUT2D eigenvalue weighted by molar-refractivity contribution is 7.12. The largest absolute Gasteiger partial charge is 0.490 e. The summed E-state index contributed by atoms with van der Waals surface area (Å²) >= 11 is 15.6. The fourth-order valence-electron chi connectivity index (χ4n) is 14.2. The molecule has 5 N–H and O–H groups in total. The van der Waals surface area contributed by atoms with E-state index in [1.165, 1.54) is 82.0 Å². The summed E-state index contributed by atoms with van der Waals surface area (Å²) in [7, 11) is 1.28. The molecule has 0 radical (unpaired) electrons. The number of amides is 4. The van der Waals surface area contributed by atoms with Gasteiger partial charge in [0.05, 0.1) is 59.7 Å². The fourth-order valence-corrected chi connectivity index (χ4v) is 15.9. The molecule has 9 heterocycles. The number of ether oxygens (including phenoxy) is 2. The minimum absolute atomic E-state index is 0.0327. The number of carboxylic acid groups (broad SMARTS) is 3. The second-order valence-electron chi connectivity index (χ2n) is 25.3. The molecule has 4 amide bonds. The second-order valence-corrected chi connectivity index (χ2v) is 27.9. The van der Waals surface area contributed by atoms with Gasteiger partial charge in [0.1, 0.15) is 35.3 Å². The Morgan fingerprint density at radius 2 is 1.08 bits per heavy atom. The number of hydrogen-bond donors (Lipinski definition) is 5. The number of fused-ring (bicyclic) bond motifs is 2. The van der Waals surface area contributed by atoms with Crippen molar-refractivity contribution in [2.45, 2.75) is 68.8 Å². The van der Waals surface area contributed by atoms with Gasteiger partial charge in [0.15, 0.2) is 27.5 Å². The van der Waals surface area contributed by atoms with Crippen molar-refractivity contribution in [3.63, 3.8) is 0 Å². The van der Waals surface area contributed by atoms with Crippen molar-refractivity contribution in [3.05, 3.63) is 173 Å². The number of amidine groups is 2. The van der Waals surface area contributed by atoms with Crippen LogP contribution < -0.4 is 30.1 Å². The highest BCUT2D eigenvalue weighted by Crippen LogP contribution is 2.41. The predicted octanol–water partition coefficient (Wildman–Crippen LogP) is 9.67. The molecule has 0 unspecified atom stereocenters. The van der Waals surface area contributed by atoms with Crippen LogP contribution in [0.15, 0.2) is 128 Å². The number of carbonyl (C=O) groups is 6. The number of hydrogen-bond acceptors (Lipinski definition) is 19. The Morgan fingerprint density at radius 3 is 1.54 bits per heavy atom. The first-order valence-corrected chi connectivity index (χ1v) is 34.9. The molecule has 100 heavy (non-hydrogen) atoms. The molecule has 0 spiro atoms. The number of urea groups is 2. The van der Waals surface area contributed by atoms with Crippen LogP contribution in [0.2, 0.25) is 10.0 Å². The summed E-state index contributed by atoms with van der Waals surface area (Å²) in [6.07, 6.45) is 6.20. The summed E-state index contributed by atoms with van der Waals surface area (Å²) in [6.45, 7) is 4.45. The van der Waals surface area contributed by atoms with Gasteiger partial charge in [0.2, 0.25) is 0 Å². The molecular weight excluding hydrogens is 1390 g/mol. The van der Waals surface area contributed by atoms with Crippen molar-refractivity contribution < 1.29 is 71.1 Å². The predicted molar refractivity (Wildman–Crippen MR) is 364 cm³/mol. The van der Waals surface area contributed by atoms with Crippen molar-refractivity contribution in [1.29, 1.82) is 0 Å². The molecule has 1 saturated carbocycles. The van der Waals surface area contributed by atoms with E-state index < -0.39 is 65.1 Å². The van der Waals surface area contributed by atoms with Crippen LogP contribution in [0.3, 0.4) is 0 Å². The van der Waals surface area contributed by atoms with Crippen molar-refractivity contribution >= 4 is 111 Å². The lowest BCUT2D eigenvalue weighted by Crippen LogP contribution is -2.53. The number of methoxy groups -OCH3 is 1. The number of carbonyl (C=O) groups excluding carboxylic acids is 3. The summed E-state index contributed by atoms with van der Waals surface area (Å²) in [5, 5.41) is 40.3. The molecule has 7 aliphatic heterocycles. The van der Waals surface area contributed by atoms with Gasteiger partial charge >= 0.3 is 35.9 Å². The number of aliphatic imine (C=N–C) groups is 2. The number of nitrogens with zero attached hydrogens (tertiary/aromatic N) is 11. The molecule has 2 aromatic heterocycles. The topological polar surface area (TPSA) is 279 Å². The summed E-state index contributed by atoms with van der Waals surface area (Å²) in [4.78, 5) is 106. The first-order chi connectivity index (χ1) is 48.2. The molecule has 14 rings (SSSR count). The number of piperazine rings is 2. The van der Waals surface area contributed by atoms with Crippen LogP contribution in [0.1, 0.15) is 71.8 Å². The van der Waals surface area contributed by atoms with E-state index >= 15 is 8.78 Å². The zero-order chi connectivity index (χ0) is 70.2. The van der Waals surface area contributed by atoms with Crippen LogP contribution >= 0.6 is 45.9 Å². The fraction of sp³-hybridized carbons (Fsp3) is 0.382. The van der Waals surface area contributed by atoms with Crippen LogP contribution in [0, 0.1) is 35.1 Å². The number of halogens is 6. The number of anilines is 3. The minimum Gasteiger partial charge on any atom is -0.490 e. The first-order valence-electron chi connectivity index (χ1n) is 32.4. The Balaban J connectivity index is 0.000000179. The number of aromatic nitrogens is 2. The van der Waals surface area contributed by atoms with E-state index in [0.717, 1.165) is 6.07 Å². The number of thiazole rings is 2. The summed E-state index contributed by atoms with van der Waals surface area (Å²) in [5.74, 6) is -5.30. The Hall–Kier alpha value is -9.20. The second kappa shape index (κ2) is 29.6. The van der Waals surface area contributed by atoms with Gasteiger partial charge in [-0.05, 0) is 93.1 Å². The Labute approximate surface area is 588 Å². The number of nitrogens with one attached hydrogen (secondary N) is 2. The van der Waals surface area contributed by atoms with Gasteiger partial charge in [0, 0.05) is 146 Å². The van der Waals surface area contributed by atoms with Crippen molar-refractivity contribution in [1.82, 2.24) is 40.2 Å². The number of aliphatic carboxylic acids is 3. The maximum atomic E-state index is 15.5. The molecule has 1 aliphatic carbocycles. The molecule has 5 saturated heterocycles. The van der Waals surface area contributed by atoms with E-state index in [9.17, 15) is 52.9 Å². The summed E-state index contributed by atoms with van der Waals surface area (Å²) < 4.78 is 70.2. The van der Waals surface area contributed by atoms with Crippen molar-refractivity contribution in [2.75, 3.05) is 100 Å². The summed E-state index contributed by atoms with van der Waals surface area (Å²) in [5.41, 5.74) is 2.81. The van der Waals surface area contributed by atoms with Gasteiger partial charge in [-0.2, -0.15) is 0 Å². The third kappa shape index (κ3) is 14.6. The maximum absolute atomic E-state index is 15.5. The zero-order valence-corrected chi connectivity index (χ0v) is 56.8. The van der Waals surface area contributed by atoms with Crippen LogP contribution in [0.25, 0.3) is 0 Å². The molecule has 4 aromatic carbocycles. The van der Waals surface area contributed by atoms with Crippen molar-refractivity contribution in [2.24, 2.45) is 21.8 Å².